The average molecular weight is 623 g/mol. The molecule has 2 aliphatic heterocycles. The van der Waals surface area contributed by atoms with Gasteiger partial charge in [0.2, 0.25) is 0 Å². The lowest BCUT2D eigenvalue weighted by molar-refractivity contribution is 0.200. The Morgan fingerprint density at radius 1 is 0.696 bits per heavy atom. The van der Waals surface area contributed by atoms with Crippen LogP contribution in [0.1, 0.15) is 81.5 Å². The molecule has 5 fully saturated rings. The first kappa shape index (κ1) is 30.3. The van der Waals surface area contributed by atoms with E-state index in [0.717, 1.165) is 61.7 Å². The third-order valence-corrected chi connectivity index (χ3v) is 11.5. The van der Waals surface area contributed by atoms with Crippen molar-refractivity contribution in [2.45, 2.75) is 95.2 Å². The van der Waals surface area contributed by atoms with Gasteiger partial charge in [0.1, 0.15) is 42.7 Å². The second-order valence-corrected chi connectivity index (χ2v) is 16.0. The van der Waals surface area contributed by atoms with E-state index in [2.05, 4.69) is 87.5 Å². The Kier molecular flexibility index (Phi) is 7.84. The van der Waals surface area contributed by atoms with Crippen LogP contribution in [0.15, 0.2) is 66.7 Å². The maximum Gasteiger partial charge on any atom is 0.126 e. The van der Waals surface area contributed by atoms with Crippen molar-refractivity contribution >= 4 is 0 Å². The molecule has 5 aliphatic rings. The van der Waals surface area contributed by atoms with E-state index in [-0.39, 0.29) is 23.0 Å². The maximum absolute atomic E-state index is 6.87. The Morgan fingerprint density at radius 2 is 1.35 bits per heavy atom. The van der Waals surface area contributed by atoms with Gasteiger partial charge in [0.25, 0.3) is 0 Å². The Morgan fingerprint density at radius 3 is 2.02 bits per heavy atom. The summed E-state index contributed by atoms with van der Waals surface area (Å²) in [6, 6.07) is 24.2. The summed E-state index contributed by atoms with van der Waals surface area (Å²) in [5.41, 5.74) is 5.34. The third-order valence-electron chi connectivity index (χ3n) is 11.5. The number of fused-ring (bicyclic) bond motifs is 1. The molecule has 46 heavy (non-hydrogen) atoms. The van der Waals surface area contributed by atoms with Crippen molar-refractivity contribution in [3.8, 4) is 17.2 Å². The molecule has 0 spiro atoms. The van der Waals surface area contributed by atoms with Gasteiger partial charge in [0.15, 0.2) is 0 Å². The average Bonchev–Trinajstić information content (AvgIpc) is 3.85. The molecule has 3 aromatic carbocycles. The van der Waals surface area contributed by atoms with E-state index in [1.54, 1.807) is 0 Å². The highest BCUT2D eigenvalue weighted by molar-refractivity contribution is 5.50. The highest BCUT2D eigenvalue weighted by Gasteiger charge is 2.62. The summed E-state index contributed by atoms with van der Waals surface area (Å²) < 4.78 is 30.7. The molecule has 0 N–H and O–H groups in total. The van der Waals surface area contributed by atoms with Crippen molar-refractivity contribution in [3.63, 3.8) is 0 Å². The summed E-state index contributed by atoms with van der Waals surface area (Å²) in [5.74, 6) is 4.69. The molecular formula is C41H50O5. The van der Waals surface area contributed by atoms with Crippen LogP contribution in [0.2, 0.25) is 0 Å². The molecule has 0 radical (unpaired) electrons. The normalized spacial score (nSPS) is 27.2. The molecule has 5 atom stereocenters. The quantitative estimate of drug-likeness (QED) is 0.142. The Balaban J connectivity index is 1.14. The van der Waals surface area contributed by atoms with E-state index < -0.39 is 0 Å². The van der Waals surface area contributed by atoms with Gasteiger partial charge < -0.3 is 23.7 Å². The molecule has 3 aromatic rings. The molecule has 5 nitrogen and oxygen atoms in total. The number of benzene rings is 3. The zero-order chi connectivity index (χ0) is 31.4. The predicted molar refractivity (Wildman–Crippen MR) is 180 cm³/mol. The minimum Gasteiger partial charge on any atom is -0.493 e. The highest BCUT2D eigenvalue weighted by Crippen LogP contribution is 2.72. The van der Waals surface area contributed by atoms with Gasteiger partial charge in [-0.2, -0.15) is 0 Å². The number of epoxide rings is 2. The lowest BCUT2D eigenvalue weighted by Gasteiger charge is -2.40. The Hall–Kier alpha value is -3.02. The highest BCUT2D eigenvalue weighted by atomic mass is 16.6. The van der Waals surface area contributed by atoms with Crippen LogP contribution in [0.5, 0.6) is 17.2 Å². The molecule has 2 heterocycles. The number of ether oxygens (including phenoxy) is 5. The van der Waals surface area contributed by atoms with Crippen molar-refractivity contribution in [1.29, 1.82) is 0 Å². The van der Waals surface area contributed by atoms with Crippen molar-refractivity contribution in [3.05, 3.63) is 89.0 Å². The number of hydrogen-bond acceptors (Lipinski definition) is 5. The first-order valence-electron chi connectivity index (χ1n) is 17.7. The number of para-hydroxylation sites is 3. The van der Waals surface area contributed by atoms with Crippen molar-refractivity contribution in [2.75, 3.05) is 33.0 Å². The van der Waals surface area contributed by atoms with Crippen LogP contribution in [0.4, 0.5) is 0 Å². The first-order chi connectivity index (χ1) is 22.3. The summed E-state index contributed by atoms with van der Waals surface area (Å²) in [4.78, 5) is 0. The van der Waals surface area contributed by atoms with Crippen molar-refractivity contribution in [2.24, 2.45) is 17.3 Å². The first-order valence-corrected chi connectivity index (χ1v) is 17.7. The fourth-order valence-corrected chi connectivity index (χ4v) is 8.21. The summed E-state index contributed by atoms with van der Waals surface area (Å²) >= 11 is 0. The van der Waals surface area contributed by atoms with Crippen molar-refractivity contribution < 1.29 is 23.7 Å². The van der Waals surface area contributed by atoms with Gasteiger partial charge in [-0.3, -0.25) is 0 Å². The van der Waals surface area contributed by atoms with E-state index >= 15 is 0 Å². The van der Waals surface area contributed by atoms with E-state index in [1.165, 1.54) is 60.8 Å². The molecule has 3 saturated carbocycles. The van der Waals surface area contributed by atoms with Gasteiger partial charge in [-0.25, -0.2) is 0 Å². The van der Waals surface area contributed by atoms with Crippen LogP contribution in [-0.4, -0.2) is 45.2 Å². The van der Waals surface area contributed by atoms with Gasteiger partial charge in [-0.05, 0) is 97.3 Å². The topological polar surface area (TPSA) is 52.8 Å². The maximum atomic E-state index is 6.87. The van der Waals surface area contributed by atoms with Gasteiger partial charge >= 0.3 is 0 Å². The van der Waals surface area contributed by atoms with Gasteiger partial charge in [0.05, 0.1) is 19.8 Å². The fourth-order valence-electron chi connectivity index (χ4n) is 8.21. The molecule has 5 unspecified atom stereocenters. The largest absolute Gasteiger partial charge is 0.493 e. The van der Waals surface area contributed by atoms with Crippen LogP contribution >= 0.6 is 0 Å². The Labute approximate surface area is 274 Å². The molecular weight excluding hydrogens is 572 g/mol. The minimum absolute atomic E-state index is 0.0978. The SMILES string of the molecule is CC(C)(Cc1cccc(C(C)(Cc2ccccc2OCC2CC2)CC23CCC2C3)c1OCC1CO1)c1ccccc1OCC1CO1. The zero-order valence-electron chi connectivity index (χ0n) is 27.9. The molecule has 3 aliphatic carbocycles. The molecule has 8 rings (SSSR count). The van der Waals surface area contributed by atoms with E-state index in [0.29, 0.717) is 18.6 Å². The summed E-state index contributed by atoms with van der Waals surface area (Å²) in [6.45, 7) is 10.8. The molecule has 5 heteroatoms. The Bertz CT molecular complexity index is 1550. The standard InChI is InChI=1S/C41H50O5/c1-39(2,34-11-5-7-14-37(34)45-25-32-23-42-32)19-30-10-8-12-35(38(30)46-26-33-24-43-33)40(3,27-41-18-17-31(41)21-41)20-29-9-4-6-13-36(29)44-22-28-15-16-28/h4-14,28,31-33H,15-27H2,1-3H3. The van der Waals surface area contributed by atoms with Crippen molar-refractivity contribution in [1.82, 2.24) is 0 Å². The van der Waals surface area contributed by atoms with Crippen LogP contribution in [0, 0.1) is 17.3 Å². The molecule has 0 aromatic heterocycles. The lowest BCUT2D eigenvalue weighted by atomic mass is 9.65. The van der Waals surface area contributed by atoms with Crippen LogP contribution in [-0.2, 0) is 33.1 Å². The molecule has 244 valence electrons. The molecule has 2 saturated heterocycles. The van der Waals surface area contributed by atoms with E-state index in [4.69, 9.17) is 23.7 Å². The van der Waals surface area contributed by atoms with Gasteiger partial charge in [0, 0.05) is 16.5 Å². The zero-order valence-corrected chi connectivity index (χ0v) is 27.9. The molecule has 0 amide bonds. The van der Waals surface area contributed by atoms with E-state index in [9.17, 15) is 0 Å². The summed E-state index contributed by atoms with van der Waals surface area (Å²) in [5, 5.41) is 0. The number of rotatable bonds is 17. The van der Waals surface area contributed by atoms with Gasteiger partial charge in [-0.1, -0.05) is 75.4 Å². The predicted octanol–water partition coefficient (Wildman–Crippen LogP) is 8.24. The van der Waals surface area contributed by atoms with Crippen LogP contribution < -0.4 is 14.2 Å². The fraction of sp³-hybridized carbons (Fsp3) is 0.561. The monoisotopic (exact) mass is 622 g/mol. The third kappa shape index (κ3) is 6.55. The van der Waals surface area contributed by atoms with E-state index in [1.807, 2.05) is 0 Å². The van der Waals surface area contributed by atoms with Gasteiger partial charge in [-0.15, -0.1) is 0 Å². The van der Waals surface area contributed by atoms with Crippen LogP contribution in [0.3, 0.4) is 0 Å². The summed E-state index contributed by atoms with van der Waals surface area (Å²) in [7, 11) is 0. The molecule has 0 bridgehead atoms. The van der Waals surface area contributed by atoms with Crippen LogP contribution in [0.25, 0.3) is 0 Å². The smallest absolute Gasteiger partial charge is 0.126 e. The minimum atomic E-state index is -0.179. The number of hydrogen-bond donors (Lipinski definition) is 0. The lowest BCUT2D eigenvalue weighted by Crippen LogP contribution is -2.33. The second-order valence-electron chi connectivity index (χ2n) is 16.0. The summed E-state index contributed by atoms with van der Waals surface area (Å²) in [6.07, 6.45) is 10.1. The second kappa shape index (κ2) is 11.9.